The topological polar surface area (TPSA) is 0 Å². The van der Waals surface area contributed by atoms with Gasteiger partial charge in [-0.25, -0.2) is 0 Å². The van der Waals surface area contributed by atoms with Crippen molar-refractivity contribution in [1.82, 2.24) is 0 Å². The molecule has 1 heteroatoms. The van der Waals surface area contributed by atoms with Crippen LogP contribution in [0.1, 0.15) is 33.4 Å². The summed E-state index contributed by atoms with van der Waals surface area (Å²) in [6.07, 6.45) is 0. The molecule has 0 radical (unpaired) electrons. The molecule has 0 heterocycles. The summed E-state index contributed by atoms with van der Waals surface area (Å²) in [4.78, 5) is 0. The molecule has 0 unspecified atom stereocenters. The molecule has 0 amide bonds. The Bertz CT molecular complexity index is 478. The van der Waals surface area contributed by atoms with Crippen LogP contribution in [-0.4, -0.2) is 23.1 Å². The fraction of sp³-hybridized carbons (Fsp3) is 0.333. The third-order valence-corrected chi connectivity index (χ3v) is 3.10. The molecule has 2 aromatic rings. The van der Waals surface area contributed by atoms with Gasteiger partial charge in [-0.05, 0) is 0 Å². The monoisotopic (exact) mass is 262 g/mol. The van der Waals surface area contributed by atoms with Gasteiger partial charge in [0.15, 0.2) is 0 Å². The average Bonchev–Trinajstić information content (AvgIpc) is 2.30. The van der Waals surface area contributed by atoms with E-state index in [1.807, 2.05) is 12.1 Å². The van der Waals surface area contributed by atoms with Crippen molar-refractivity contribution in [3.8, 4) is 0 Å². The smallest absolute Gasteiger partial charge is 0.180 e. The Kier molecular flexibility index (Phi) is 8.04. The molecule has 0 spiro atoms. The van der Waals surface area contributed by atoms with Gasteiger partial charge in [0, 0.05) is 0 Å². The van der Waals surface area contributed by atoms with Gasteiger partial charge in [-0.2, -0.15) is 69.8 Å². The fourth-order valence-electron chi connectivity index (χ4n) is 1.65. The third kappa shape index (κ3) is 6.26. The Morgan fingerprint density at radius 1 is 0.632 bits per heavy atom. The molecule has 2 aromatic carbocycles. The van der Waals surface area contributed by atoms with Crippen molar-refractivity contribution in [3.05, 3.63) is 69.8 Å². The Morgan fingerprint density at radius 3 is 1.16 bits per heavy atom. The third-order valence-electron chi connectivity index (χ3n) is 3.10. The zero-order chi connectivity index (χ0) is 13.7. The molecule has 0 nitrogen and oxygen atoms in total. The van der Waals surface area contributed by atoms with Crippen molar-refractivity contribution in [2.24, 2.45) is 0 Å². The maximum Gasteiger partial charge on any atom is 2.00 e. The molecule has 0 aliphatic rings. The van der Waals surface area contributed by atoms with E-state index in [2.05, 4.69) is 65.8 Å². The molecule has 0 fully saturated rings. The second-order valence-electron chi connectivity index (χ2n) is 4.97. The molecular formula is C18H22Mg. The molecule has 0 aliphatic heterocycles. The first-order valence-corrected chi connectivity index (χ1v) is 6.31. The van der Waals surface area contributed by atoms with Crippen LogP contribution in [0.3, 0.4) is 0 Å². The summed E-state index contributed by atoms with van der Waals surface area (Å²) in [7, 11) is 0. The minimum Gasteiger partial charge on any atom is -0.180 e. The normalized spacial score (nSPS) is 9.16. The number of benzene rings is 2. The number of rotatable bonds is 0. The first kappa shape index (κ1) is 18.2. The van der Waals surface area contributed by atoms with E-state index >= 15 is 0 Å². The molecule has 0 N–H and O–H groups in total. The van der Waals surface area contributed by atoms with Gasteiger partial charge in [0.25, 0.3) is 0 Å². The number of hydrogen-bond donors (Lipinski definition) is 0. The van der Waals surface area contributed by atoms with Crippen molar-refractivity contribution in [3.63, 3.8) is 0 Å². The van der Waals surface area contributed by atoms with Crippen molar-refractivity contribution >= 4 is 23.1 Å². The van der Waals surface area contributed by atoms with Gasteiger partial charge < -0.3 is 0 Å². The first-order chi connectivity index (χ1) is 8.40. The standard InChI is InChI=1S/2C9H11.Mg/c2*1-7-4-5-8(2)9(3)6-7;/h2*4,6H,1-3H3;/q2*-1;+2. The van der Waals surface area contributed by atoms with Crippen LogP contribution in [0.2, 0.25) is 0 Å². The Hall–Kier alpha value is -0.794. The van der Waals surface area contributed by atoms with Gasteiger partial charge in [0.1, 0.15) is 0 Å². The van der Waals surface area contributed by atoms with E-state index in [0.717, 1.165) is 0 Å². The average molecular weight is 263 g/mol. The Balaban J connectivity index is 0.000000324. The molecular weight excluding hydrogens is 241 g/mol. The van der Waals surface area contributed by atoms with Crippen LogP contribution in [0, 0.1) is 53.7 Å². The van der Waals surface area contributed by atoms with E-state index in [4.69, 9.17) is 0 Å². The number of hydrogen-bond acceptors (Lipinski definition) is 0. The van der Waals surface area contributed by atoms with Crippen LogP contribution >= 0.6 is 0 Å². The van der Waals surface area contributed by atoms with Gasteiger partial charge in [0.2, 0.25) is 0 Å². The van der Waals surface area contributed by atoms with Crippen molar-refractivity contribution < 1.29 is 0 Å². The minimum atomic E-state index is 0. The van der Waals surface area contributed by atoms with Crippen LogP contribution in [0.4, 0.5) is 0 Å². The zero-order valence-electron chi connectivity index (χ0n) is 13.0. The van der Waals surface area contributed by atoms with E-state index < -0.39 is 0 Å². The summed E-state index contributed by atoms with van der Waals surface area (Å²) in [5.41, 5.74) is 7.74. The first-order valence-electron chi connectivity index (χ1n) is 6.31. The molecule has 0 saturated heterocycles. The van der Waals surface area contributed by atoms with Gasteiger partial charge >= 0.3 is 23.1 Å². The van der Waals surface area contributed by atoms with E-state index in [1.165, 1.54) is 33.4 Å². The van der Waals surface area contributed by atoms with Gasteiger partial charge in [0.05, 0.1) is 0 Å². The zero-order valence-corrected chi connectivity index (χ0v) is 14.4. The molecule has 2 rings (SSSR count). The fourth-order valence-corrected chi connectivity index (χ4v) is 1.65. The Labute approximate surface area is 134 Å². The second-order valence-corrected chi connectivity index (χ2v) is 4.97. The summed E-state index contributed by atoms with van der Waals surface area (Å²) in [5.74, 6) is 0. The maximum absolute atomic E-state index is 3.17. The Morgan fingerprint density at radius 2 is 0.947 bits per heavy atom. The van der Waals surface area contributed by atoms with Crippen LogP contribution < -0.4 is 0 Å². The molecule has 96 valence electrons. The van der Waals surface area contributed by atoms with Crippen molar-refractivity contribution in [1.29, 1.82) is 0 Å². The predicted molar refractivity (Wildman–Crippen MR) is 84.7 cm³/mol. The van der Waals surface area contributed by atoms with Crippen LogP contribution in [-0.2, 0) is 0 Å². The summed E-state index contributed by atoms with van der Waals surface area (Å²) < 4.78 is 0. The van der Waals surface area contributed by atoms with Crippen LogP contribution in [0.5, 0.6) is 0 Å². The SMILES string of the molecule is Cc1c[c-]c(C)c(C)c1.Cc1c[c-]c(C)c(C)c1.[Mg+2]. The molecule has 0 aliphatic carbocycles. The molecule has 0 aromatic heterocycles. The summed E-state index contributed by atoms with van der Waals surface area (Å²) >= 11 is 0. The molecule has 0 atom stereocenters. The van der Waals surface area contributed by atoms with Gasteiger partial charge in [-0.3, -0.25) is 0 Å². The van der Waals surface area contributed by atoms with E-state index in [1.54, 1.807) is 0 Å². The minimum absolute atomic E-state index is 0. The van der Waals surface area contributed by atoms with Crippen LogP contribution in [0.25, 0.3) is 0 Å². The number of aryl methyl sites for hydroxylation is 6. The molecule has 0 bridgehead atoms. The van der Waals surface area contributed by atoms with Crippen molar-refractivity contribution in [2.45, 2.75) is 41.5 Å². The quantitative estimate of drug-likeness (QED) is 0.486. The second kappa shape index (κ2) is 8.39. The largest absolute Gasteiger partial charge is 2.00 e. The maximum atomic E-state index is 3.17. The van der Waals surface area contributed by atoms with Crippen molar-refractivity contribution in [2.75, 3.05) is 0 Å². The summed E-state index contributed by atoms with van der Waals surface area (Å²) in [6, 6.07) is 14.7. The van der Waals surface area contributed by atoms with E-state index in [0.29, 0.717) is 0 Å². The molecule has 19 heavy (non-hydrogen) atoms. The van der Waals surface area contributed by atoms with Crippen LogP contribution in [0.15, 0.2) is 24.3 Å². The summed E-state index contributed by atoms with van der Waals surface area (Å²) in [5, 5.41) is 0. The predicted octanol–water partition coefficient (Wildman–Crippen LogP) is 4.44. The summed E-state index contributed by atoms with van der Waals surface area (Å²) in [6.45, 7) is 12.5. The van der Waals surface area contributed by atoms with E-state index in [-0.39, 0.29) is 23.1 Å². The van der Waals surface area contributed by atoms with Gasteiger partial charge in [-0.1, -0.05) is 41.5 Å². The van der Waals surface area contributed by atoms with Gasteiger partial charge in [-0.15, -0.1) is 0 Å². The molecule has 0 saturated carbocycles. The van der Waals surface area contributed by atoms with E-state index in [9.17, 15) is 0 Å².